The number of alkyl halides is 3. The molecule has 0 radical (unpaired) electrons. The van der Waals surface area contributed by atoms with Gasteiger partial charge in [0.15, 0.2) is 5.69 Å². The van der Waals surface area contributed by atoms with Crippen LogP contribution in [0.4, 0.5) is 18.0 Å². The van der Waals surface area contributed by atoms with Gasteiger partial charge in [-0.1, -0.05) is 0 Å². The molecule has 0 bridgehead atoms. The molecule has 10 heteroatoms. The molecule has 1 aromatic rings. The summed E-state index contributed by atoms with van der Waals surface area (Å²) in [7, 11) is 0. The van der Waals surface area contributed by atoms with Crippen molar-refractivity contribution < 1.29 is 27.4 Å². The number of hydrogen-bond donors (Lipinski definition) is 1. The number of urea groups is 1. The number of ether oxygens (including phenoxy) is 2. The van der Waals surface area contributed by atoms with E-state index in [9.17, 15) is 18.0 Å². The summed E-state index contributed by atoms with van der Waals surface area (Å²) in [5.74, 6) is 0. The zero-order valence-corrected chi connectivity index (χ0v) is 14.2. The van der Waals surface area contributed by atoms with Crippen LogP contribution in [-0.4, -0.2) is 59.3 Å². The summed E-state index contributed by atoms with van der Waals surface area (Å²) in [4.78, 5) is 21.2. The summed E-state index contributed by atoms with van der Waals surface area (Å²) in [6, 6.07) is 0.373. The van der Waals surface area contributed by atoms with Gasteiger partial charge in [0, 0.05) is 32.0 Å². The first-order valence-electron chi connectivity index (χ1n) is 8.62. The van der Waals surface area contributed by atoms with Crippen LogP contribution in [0, 0.1) is 0 Å². The van der Waals surface area contributed by atoms with E-state index in [2.05, 4.69) is 15.3 Å². The smallest absolute Gasteiger partial charge is 0.433 e. The van der Waals surface area contributed by atoms with E-state index in [0.717, 1.165) is 25.1 Å². The highest BCUT2D eigenvalue weighted by Crippen LogP contribution is 2.28. The molecule has 3 heterocycles. The van der Waals surface area contributed by atoms with Gasteiger partial charge in [-0.25, -0.2) is 9.78 Å². The van der Waals surface area contributed by atoms with Crippen LogP contribution in [0.2, 0.25) is 0 Å². The number of aromatic nitrogens is 2. The van der Waals surface area contributed by atoms with Crippen molar-refractivity contribution in [3.63, 3.8) is 0 Å². The zero-order valence-electron chi connectivity index (χ0n) is 14.2. The molecule has 2 saturated heterocycles. The van der Waals surface area contributed by atoms with Crippen LogP contribution >= 0.6 is 0 Å². The van der Waals surface area contributed by atoms with Crippen LogP contribution in [0.1, 0.15) is 31.4 Å². The topological polar surface area (TPSA) is 76.6 Å². The Bertz CT molecular complexity index is 623. The summed E-state index contributed by atoms with van der Waals surface area (Å²) >= 11 is 0. The lowest BCUT2D eigenvalue weighted by Gasteiger charge is -2.34. The molecular weight excluding hydrogens is 353 g/mol. The van der Waals surface area contributed by atoms with E-state index in [0.29, 0.717) is 32.6 Å². The largest absolute Gasteiger partial charge is 0.458 e. The number of amides is 2. The monoisotopic (exact) mass is 374 g/mol. The van der Waals surface area contributed by atoms with Gasteiger partial charge < -0.3 is 19.7 Å². The molecule has 1 aromatic heterocycles. The van der Waals surface area contributed by atoms with Gasteiger partial charge in [-0.05, 0) is 31.7 Å². The second-order valence-corrected chi connectivity index (χ2v) is 6.39. The lowest BCUT2D eigenvalue weighted by molar-refractivity contribution is -0.141. The average molecular weight is 374 g/mol. The highest BCUT2D eigenvalue weighted by Gasteiger charge is 2.33. The van der Waals surface area contributed by atoms with Crippen molar-refractivity contribution >= 4 is 6.03 Å². The van der Waals surface area contributed by atoms with Crippen LogP contribution in [-0.2, 0) is 10.9 Å². The van der Waals surface area contributed by atoms with Crippen LogP contribution in [0.25, 0.3) is 0 Å². The van der Waals surface area contributed by atoms with Crippen molar-refractivity contribution in [3.05, 3.63) is 18.0 Å². The van der Waals surface area contributed by atoms with Gasteiger partial charge >= 0.3 is 18.2 Å². The molecule has 2 aliphatic rings. The van der Waals surface area contributed by atoms with Gasteiger partial charge in [0.05, 0.1) is 6.54 Å². The van der Waals surface area contributed by atoms with Crippen molar-refractivity contribution in [2.45, 2.75) is 44.0 Å². The fraction of sp³-hybridized carbons (Fsp3) is 0.688. The summed E-state index contributed by atoms with van der Waals surface area (Å²) in [6.07, 6.45) is -1.10. The molecule has 0 aromatic carbocycles. The maximum Gasteiger partial charge on any atom is 0.433 e. The molecule has 1 atom stereocenters. The number of nitrogens with zero attached hydrogens (tertiary/aromatic N) is 3. The van der Waals surface area contributed by atoms with Gasteiger partial charge in [-0.2, -0.15) is 18.2 Å². The highest BCUT2D eigenvalue weighted by atomic mass is 19.4. The van der Waals surface area contributed by atoms with Gasteiger partial charge in [-0.15, -0.1) is 0 Å². The molecule has 2 aliphatic heterocycles. The van der Waals surface area contributed by atoms with Crippen LogP contribution < -0.4 is 10.1 Å². The minimum atomic E-state index is -4.55. The van der Waals surface area contributed by atoms with Crippen molar-refractivity contribution in [3.8, 4) is 6.01 Å². The Morgan fingerprint density at radius 3 is 2.81 bits per heavy atom. The van der Waals surface area contributed by atoms with E-state index in [1.54, 1.807) is 4.90 Å². The Balaban J connectivity index is 1.55. The Morgan fingerprint density at radius 1 is 1.31 bits per heavy atom. The predicted octanol–water partition coefficient (Wildman–Crippen LogP) is 2.23. The molecule has 2 amide bonds. The molecule has 1 N–H and O–H groups in total. The highest BCUT2D eigenvalue weighted by molar-refractivity contribution is 5.74. The third-order valence-electron chi connectivity index (χ3n) is 4.41. The van der Waals surface area contributed by atoms with E-state index in [1.807, 2.05) is 0 Å². The molecular formula is C16H21F3N4O3. The van der Waals surface area contributed by atoms with Crippen LogP contribution in [0.15, 0.2) is 12.3 Å². The number of carbonyl (C=O) groups excluding carboxylic acids is 1. The summed E-state index contributed by atoms with van der Waals surface area (Å²) < 4.78 is 48.9. The van der Waals surface area contributed by atoms with Crippen LogP contribution in [0.5, 0.6) is 6.01 Å². The second kappa shape index (κ2) is 8.07. The van der Waals surface area contributed by atoms with Crippen LogP contribution in [0.3, 0.4) is 0 Å². The molecule has 7 nitrogen and oxygen atoms in total. The normalized spacial score (nSPS) is 22.1. The SMILES string of the molecule is O=C(NC1CCOCC1)N1CCCC(Oc2nccc(C(F)(F)F)n2)C1. The Morgan fingerprint density at radius 2 is 2.08 bits per heavy atom. The number of rotatable bonds is 3. The first-order chi connectivity index (χ1) is 12.4. The molecule has 2 fully saturated rings. The molecule has 26 heavy (non-hydrogen) atoms. The molecule has 0 saturated carbocycles. The first-order valence-corrected chi connectivity index (χ1v) is 8.62. The number of carbonyl (C=O) groups is 1. The standard InChI is InChI=1S/C16H21F3N4O3/c17-16(18,19)13-3-6-20-14(22-13)26-12-2-1-7-23(10-12)15(24)21-11-4-8-25-9-5-11/h3,6,11-12H,1-2,4-5,7-10H2,(H,21,24). The summed E-state index contributed by atoms with van der Waals surface area (Å²) in [6.45, 7) is 2.13. The fourth-order valence-corrected chi connectivity index (χ4v) is 3.03. The lowest BCUT2D eigenvalue weighted by Crippen LogP contribution is -2.51. The Labute approximate surface area is 148 Å². The van der Waals surface area contributed by atoms with E-state index in [-0.39, 0.29) is 24.6 Å². The molecule has 3 rings (SSSR count). The second-order valence-electron chi connectivity index (χ2n) is 6.39. The number of hydrogen-bond acceptors (Lipinski definition) is 5. The van der Waals surface area contributed by atoms with Gasteiger partial charge in [0.25, 0.3) is 0 Å². The van der Waals surface area contributed by atoms with E-state index >= 15 is 0 Å². The first kappa shape index (κ1) is 18.7. The van der Waals surface area contributed by atoms with Crippen molar-refractivity contribution in [2.75, 3.05) is 26.3 Å². The van der Waals surface area contributed by atoms with E-state index < -0.39 is 18.0 Å². The Hall–Kier alpha value is -2.10. The fourth-order valence-electron chi connectivity index (χ4n) is 3.03. The number of likely N-dealkylation sites (tertiary alicyclic amines) is 1. The van der Waals surface area contributed by atoms with Crippen molar-refractivity contribution in [1.82, 2.24) is 20.2 Å². The van der Waals surface area contributed by atoms with E-state index in [4.69, 9.17) is 9.47 Å². The molecule has 0 spiro atoms. The van der Waals surface area contributed by atoms with Gasteiger partial charge in [0.1, 0.15) is 6.10 Å². The average Bonchev–Trinajstić information content (AvgIpc) is 2.62. The lowest BCUT2D eigenvalue weighted by atomic mass is 10.1. The minimum absolute atomic E-state index is 0.0874. The summed E-state index contributed by atoms with van der Waals surface area (Å²) in [5, 5.41) is 2.97. The van der Waals surface area contributed by atoms with Gasteiger partial charge in [-0.3, -0.25) is 0 Å². The molecule has 1 unspecified atom stereocenters. The van der Waals surface area contributed by atoms with E-state index in [1.165, 1.54) is 0 Å². The maximum absolute atomic E-state index is 12.7. The van der Waals surface area contributed by atoms with Crippen molar-refractivity contribution in [2.24, 2.45) is 0 Å². The maximum atomic E-state index is 12.7. The minimum Gasteiger partial charge on any atom is -0.458 e. The molecule has 0 aliphatic carbocycles. The zero-order chi connectivity index (χ0) is 18.6. The third kappa shape index (κ3) is 4.96. The predicted molar refractivity (Wildman–Crippen MR) is 84.6 cm³/mol. The number of piperidine rings is 1. The third-order valence-corrected chi connectivity index (χ3v) is 4.41. The number of halogens is 3. The summed E-state index contributed by atoms with van der Waals surface area (Å²) in [5.41, 5.74) is -1.05. The quantitative estimate of drug-likeness (QED) is 0.878. The Kier molecular flexibility index (Phi) is 5.80. The molecule has 144 valence electrons. The van der Waals surface area contributed by atoms with Gasteiger partial charge in [0.2, 0.25) is 0 Å². The number of nitrogens with one attached hydrogen (secondary N) is 1. The van der Waals surface area contributed by atoms with Crippen molar-refractivity contribution in [1.29, 1.82) is 0 Å².